The van der Waals surface area contributed by atoms with Crippen LogP contribution in [0.4, 0.5) is 0 Å². The minimum Gasteiger partial charge on any atom is -0.549 e. The van der Waals surface area contributed by atoms with E-state index in [0.717, 1.165) is 0 Å². The molecule has 0 aliphatic heterocycles. The van der Waals surface area contributed by atoms with Crippen LogP contribution in [0.1, 0.15) is 19.8 Å². The van der Waals surface area contributed by atoms with E-state index in [-0.39, 0.29) is 12.2 Å². The average molecular weight is 197 g/mol. The summed E-state index contributed by atoms with van der Waals surface area (Å²) in [6.07, 6.45) is 4.80. The summed E-state index contributed by atoms with van der Waals surface area (Å²) in [6, 6.07) is 0. The Kier molecular flexibility index (Phi) is 2.96. The molecule has 2 N–H and O–H groups in total. The van der Waals surface area contributed by atoms with E-state index in [0.29, 0.717) is 6.42 Å². The molecule has 1 aliphatic carbocycles. The maximum atomic E-state index is 10.7. The Morgan fingerprint density at radius 1 is 1.71 bits per heavy atom. The third-order valence-electron chi connectivity index (χ3n) is 2.40. The SMILES string of the molecule is CCCC1(O)C(O)=CC=CC1C(=O)[O-]. The molecule has 0 aromatic heterocycles. The molecule has 0 amide bonds. The molecule has 0 bridgehead atoms. The zero-order chi connectivity index (χ0) is 10.8. The first-order valence-electron chi connectivity index (χ1n) is 4.53. The first-order valence-corrected chi connectivity index (χ1v) is 4.53. The smallest absolute Gasteiger partial charge is 0.133 e. The van der Waals surface area contributed by atoms with Crippen molar-refractivity contribution in [2.75, 3.05) is 0 Å². The fourth-order valence-corrected chi connectivity index (χ4v) is 1.66. The van der Waals surface area contributed by atoms with Gasteiger partial charge in [-0.25, -0.2) is 0 Å². The van der Waals surface area contributed by atoms with E-state index >= 15 is 0 Å². The molecule has 0 heterocycles. The number of carbonyl (C=O) groups is 1. The van der Waals surface area contributed by atoms with Gasteiger partial charge in [0.1, 0.15) is 11.4 Å². The van der Waals surface area contributed by atoms with E-state index in [2.05, 4.69) is 0 Å². The quantitative estimate of drug-likeness (QED) is 0.661. The van der Waals surface area contributed by atoms with Gasteiger partial charge in [0.2, 0.25) is 0 Å². The van der Waals surface area contributed by atoms with Gasteiger partial charge in [-0.15, -0.1) is 0 Å². The highest BCUT2D eigenvalue weighted by atomic mass is 16.4. The van der Waals surface area contributed by atoms with E-state index in [1.807, 2.05) is 0 Å². The predicted molar refractivity (Wildman–Crippen MR) is 48.2 cm³/mol. The standard InChI is InChI=1S/C10H14O4/c1-2-6-10(14)7(9(12)13)4-3-5-8(10)11/h3-5,7,11,14H,2,6H2,1H3,(H,12,13)/p-1. The average Bonchev–Trinajstić information content (AvgIpc) is 2.10. The molecule has 0 radical (unpaired) electrons. The van der Waals surface area contributed by atoms with Crippen LogP contribution in [0.15, 0.2) is 24.0 Å². The van der Waals surface area contributed by atoms with E-state index < -0.39 is 17.5 Å². The Hall–Kier alpha value is -1.29. The predicted octanol–water partition coefficient (Wildman–Crippen LogP) is -0.105. The molecule has 1 aliphatic rings. The van der Waals surface area contributed by atoms with Gasteiger partial charge in [0.15, 0.2) is 0 Å². The van der Waals surface area contributed by atoms with Gasteiger partial charge in [0.25, 0.3) is 0 Å². The summed E-state index contributed by atoms with van der Waals surface area (Å²) in [5.41, 5.74) is -1.71. The van der Waals surface area contributed by atoms with Crippen molar-refractivity contribution in [3.05, 3.63) is 24.0 Å². The molecular weight excluding hydrogens is 184 g/mol. The summed E-state index contributed by atoms with van der Waals surface area (Å²) in [6.45, 7) is 1.80. The summed E-state index contributed by atoms with van der Waals surface area (Å²) >= 11 is 0. The van der Waals surface area contributed by atoms with Crippen molar-refractivity contribution in [1.29, 1.82) is 0 Å². The second-order valence-electron chi connectivity index (χ2n) is 3.41. The third kappa shape index (κ3) is 1.65. The van der Waals surface area contributed by atoms with Crippen molar-refractivity contribution in [3.8, 4) is 0 Å². The topological polar surface area (TPSA) is 80.6 Å². The molecule has 0 saturated heterocycles. The number of hydrogen-bond donors (Lipinski definition) is 2. The van der Waals surface area contributed by atoms with Crippen LogP contribution in [0.25, 0.3) is 0 Å². The molecule has 1 rings (SSSR count). The van der Waals surface area contributed by atoms with E-state index in [4.69, 9.17) is 0 Å². The molecule has 0 aromatic rings. The van der Waals surface area contributed by atoms with Gasteiger partial charge >= 0.3 is 0 Å². The van der Waals surface area contributed by atoms with Crippen molar-refractivity contribution >= 4 is 5.97 Å². The van der Waals surface area contributed by atoms with E-state index in [9.17, 15) is 20.1 Å². The van der Waals surface area contributed by atoms with Crippen LogP contribution in [-0.4, -0.2) is 21.8 Å². The van der Waals surface area contributed by atoms with Gasteiger partial charge in [-0.05, 0) is 12.5 Å². The summed E-state index contributed by atoms with van der Waals surface area (Å²) in [4.78, 5) is 10.7. The lowest BCUT2D eigenvalue weighted by Crippen LogP contribution is -2.49. The van der Waals surface area contributed by atoms with Crippen molar-refractivity contribution in [1.82, 2.24) is 0 Å². The molecule has 14 heavy (non-hydrogen) atoms. The lowest BCUT2D eigenvalue weighted by Gasteiger charge is -2.36. The second kappa shape index (κ2) is 3.84. The molecule has 4 heteroatoms. The first-order chi connectivity index (χ1) is 6.52. The van der Waals surface area contributed by atoms with Crippen LogP contribution in [-0.2, 0) is 4.79 Å². The number of hydrogen-bond acceptors (Lipinski definition) is 4. The summed E-state index contributed by atoms with van der Waals surface area (Å²) < 4.78 is 0. The number of aliphatic carboxylic acids is 1. The Balaban J connectivity index is 3.01. The van der Waals surface area contributed by atoms with Gasteiger partial charge in [0, 0.05) is 0 Å². The molecular formula is C10H13O4-. The zero-order valence-electron chi connectivity index (χ0n) is 7.93. The number of carboxylic acids is 1. The van der Waals surface area contributed by atoms with Gasteiger partial charge in [0.05, 0.1) is 11.9 Å². The van der Waals surface area contributed by atoms with Crippen molar-refractivity contribution in [2.45, 2.75) is 25.4 Å². The highest BCUT2D eigenvalue weighted by molar-refractivity contribution is 5.73. The van der Waals surface area contributed by atoms with Crippen molar-refractivity contribution in [3.63, 3.8) is 0 Å². The fourth-order valence-electron chi connectivity index (χ4n) is 1.66. The Labute approximate surface area is 82.2 Å². The number of rotatable bonds is 3. The first kappa shape index (κ1) is 10.8. The second-order valence-corrected chi connectivity index (χ2v) is 3.41. The van der Waals surface area contributed by atoms with Crippen LogP contribution in [0.5, 0.6) is 0 Å². The molecule has 4 nitrogen and oxygen atoms in total. The number of aliphatic hydroxyl groups excluding tert-OH is 1. The van der Waals surface area contributed by atoms with Gasteiger partial charge < -0.3 is 20.1 Å². The number of carboxylic acid groups (broad SMARTS) is 1. The molecule has 78 valence electrons. The highest BCUT2D eigenvalue weighted by Gasteiger charge is 2.40. The maximum absolute atomic E-state index is 10.7. The summed E-state index contributed by atoms with van der Waals surface area (Å²) in [7, 11) is 0. The van der Waals surface area contributed by atoms with Gasteiger partial charge in [-0.3, -0.25) is 0 Å². The molecule has 2 atom stereocenters. The van der Waals surface area contributed by atoms with Crippen LogP contribution < -0.4 is 5.11 Å². The lowest BCUT2D eigenvalue weighted by molar-refractivity contribution is -0.314. The Morgan fingerprint density at radius 3 is 2.86 bits per heavy atom. The minimum absolute atomic E-state index is 0.193. The molecule has 0 spiro atoms. The largest absolute Gasteiger partial charge is 0.549 e. The monoisotopic (exact) mass is 197 g/mol. The van der Waals surface area contributed by atoms with E-state index in [1.54, 1.807) is 6.92 Å². The molecule has 0 aromatic carbocycles. The Bertz CT molecular complexity index is 292. The van der Waals surface area contributed by atoms with Crippen molar-refractivity contribution in [2.24, 2.45) is 5.92 Å². The molecule has 0 saturated carbocycles. The lowest BCUT2D eigenvalue weighted by atomic mass is 9.79. The van der Waals surface area contributed by atoms with Gasteiger partial charge in [-0.2, -0.15) is 0 Å². The molecule has 0 fully saturated rings. The van der Waals surface area contributed by atoms with Gasteiger partial charge in [-0.1, -0.05) is 25.5 Å². The number of allylic oxidation sites excluding steroid dienone is 2. The molecule has 2 unspecified atom stereocenters. The fraction of sp³-hybridized carbons (Fsp3) is 0.500. The number of carbonyl (C=O) groups excluding carboxylic acids is 1. The normalized spacial score (nSPS) is 31.3. The summed E-state index contributed by atoms with van der Waals surface area (Å²) in [5.74, 6) is -2.86. The zero-order valence-corrected chi connectivity index (χ0v) is 7.93. The maximum Gasteiger partial charge on any atom is 0.133 e. The van der Waals surface area contributed by atoms with Crippen molar-refractivity contribution < 1.29 is 20.1 Å². The number of aliphatic hydroxyl groups is 2. The van der Waals surface area contributed by atoms with Crippen LogP contribution in [0, 0.1) is 5.92 Å². The van der Waals surface area contributed by atoms with Crippen LogP contribution >= 0.6 is 0 Å². The minimum atomic E-state index is -1.71. The third-order valence-corrected chi connectivity index (χ3v) is 2.40. The van der Waals surface area contributed by atoms with Crippen LogP contribution in [0.3, 0.4) is 0 Å². The summed E-state index contributed by atoms with van der Waals surface area (Å²) in [5, 5.41) is 30.2. The van der Waals surface area contributed by atoms with E-state index in [1.165, 1.54) is 18.2 Å². The Morgan fingerprint density at radius 2 is 2.36 bits per heavy atom. The highest BCUT2D eigenvalue weighted by Crippen LogP contribution is 2.33. The van der Waals surface area contributed by atoms with Crippen LogP contribution in [0.2, 0.25) is 0 Å².